The number of hydrogen-bond donors (Lipinski definition) is 3. The minimum Gasteiger partial charge on any atom is -0.481 e. The molecule has 0 aromatic rings. The Morgan fingerprint density at radius 2 is 1.80 bits per heavy atom. The SMILES string of the molecule is CC(=O)NC(C(=O)NCC(C)(C)C(=O)O)C1CCCC1. The summed E-state index contributed by atoms with van der Waals surface area (Å²) < 4.78 is 0. The lowest BCUT2D eigenvalue weighted by Crippen LogP contribution is -2.52. The predicted molar refractivity (Wildman–Crippen MR) is 74.0 cm³/mol. The largest absolute Gasteiger partial charge is 0.481 e. The number of hydrogen-bond acceptors (Lipinski definition) is 3. The highest BCUT2D eigenvalue weighted by molar-refractivity contribution is 5.87. The first-order chi connectivity index (χ1) is 9.24. The molecular formula is C14H24N2O4. The summed E-state index contributed by atoms with van der Waals surface area (Å²) >= 11 is 0. The molecule has 0 aliphatic heterocycles. The molecule has 0 aromatic heterocycles. The van der Waals surface area contributed by atoms with Crippen molar-refractivity contribution in [2.75, 3.05) is 6.54 Å². The molecule has 2 amide bonds. The van der Waals surface area contributed by atoms with Crippen molar-refractivity contribution >= 4 is 17.8 Å². The fourth-order valence-corrected chi connectivity index (χ4v) is 2.40. The van der Waals surface area contributed by atoms with Crippen molar-refractivity contribution in [1.82, 2.24) is 10.6 Å². The Bertz CT molecular complexity index is 387. The molecule has 0 aromatic carbocycles. The smallest absolute Gasteiger partial charge is 0.310 e. The number of amides is 2. The molecule has 1 rings (SSSR count). The van der Waals surface area contributed by atoms with Gasteiger partial charge in [-0.1, -0.05) is 12.8 Å². The second kappa shape index (κ2) is 6.72. The molecule has 0 radical (unpaired) electrons. The maximum Gasteiger partial charge on any atom is 0.310 e. The Kier molecular flexibility index (Phi) is 5.53. The number of carboxylic acids is 1. The summed E-state index contributed by atoms with van der Waals surface area (Å²) in [5.74, 6) is -1.35. The Labute approximate surface area is 119 Å². The molecule has 20 heavy (non-hydrogen) atoms. The van der Waals surface area contributed by atoms with Gasteiger partial charge in [-0.25, -0.2) is 0 Å². The molecule has 1 fully saturated rings. The lowest BCUT2D eigenvalue weighted by atomic mass is 9.92. The van der Waals surface area contributed by atoms with Gasteiger partial charge < -0.3 is 15.7 Å². The number of carbonyl (C=O) groups excluding carboxylic acids is 2. The molecule has 3 N–H and O–H groups in total. The van der Waals surface area contributed by atoms with Crippen molar-refractivity contribution in [2.24, 2.45) is 11.3 Å². The van der Waals surface area contributed by atoms with E-state index < -0.39 is 17.4 Å². The molecule has 114 valence electrons. The van der Waals surface area contributed by atoms with Crippen LogP contribution in [0.1, 0.15) is 46.5 Å². The van der Waals surface area contributed by atoms with Crippen LogP contribution in [0, 0.1) is 11.3 Å². The molecule has 0 spiro atoms. The zero-order chi connectivity index (χ0) is 15.3. The summed E-state index contributed by atoms with van der Waals surface area (Å²) in [5, 5.41) is 14.4. The topological polar surface area (TPSA) is 95.5 Å². The van der Waals surface area contributed by atoms with Gasteiger partial charge in [0.1, 0.15) is 6.04 Å². The van der Waals surface area contributed by atoms with Gasteiger partial charge in [0, 0.05) is 13.5 Å². The highest BCUT2D eigenvalue weighted by Crippen LogP contribution is 2.28. The highest BCUT2D eigenvalue weighted by atomic mass is 16.4. The van der Waals surface area contributed by atoms with Gasteiger partial charge in [-0.15, -0.1) is 0 Å². The highest BCUT2D eigenvalue weighted by Gasteiger charge is 2.33. The molecule has 1 aliphatic carbocycles. The quantitative estimate of drug-likeness (QED) is 0.675. The van der Waals surface area contributed by atoms with Crippen molar-refractivity contribution in [1.29, 1.82) is 0 Å². The molecule has 1 aliphatic rings. The second-order valence-corrected chi connectivity index (χ2v) is 6.13. The van der Waals surface area contributed by atoms with Gasteiger partial charge in [0.2, 0.25) is 11.8 Å². The standard InChI is InChI=1S/C14H24N2O4/c1-9(17)16-11(10-6-4-5-7-10)12(18)15-8-14(2,3)13(19)20/h10-11H,4-8H2,1-3H3,(H,15,18)(H,16,17)(H,19,20). The molecule has 1 unspecified atom stereocenters. The van der Waals surface area contributed by atoms with Gasteiger partial charge in [-0.05, 0) is 32.6 Å². The fraction of sp³-hybridized carbons (Fsp3) is 0.786. The summed E-state index contributed by atoms with van der Waals surface area (Å²) in [7, 11) is 0. The first-order valence-corrected chi connectivity index (χ1v) is 7.02. The van der Waals surface area contributed by atoms with Gasteiger partial charge in [-0.3, -0.25) is 14.4 Å². The van der Waals surface area contributed by atoms with Crippen LogP contribution in [-0.4, -0.2) is 35.5 Å². The Balaban J connectivity index is 2.63. The molecule has 0 bridgehead atoms. The maximum atomic E-state index is 12.2. The summed E-state index contributed by atoms with van der Waals surface area (Å²) in [6, 6.07) is -0.556. The van der Waals surface area contributed by atoms with E-state index in [1.54, 1.807) is 13.8 Å². The predicted octanol–water partition coefficient (Wildman–Crippen LogP) is 0.908. The van der Waals surface area contributed by atoms with E-state index >= 15 is 0 Å². The monoisotopic (exact) mass is 284 g/mol. The first kappa shape index (κ1) is 16.5. The van der Waals surface area contributed by atoms with Crippen molar-refractivity contribution in [3.63, 3.8) is 0 Å². The molecular weight excluding hydrogens is 260 g/mol. The Hall–Kier alpha value is -1.59. The van der Waals surface area contributed by atoms with E-state index in [1.807, 2.05) is 0 Å². The lowest BCUT2D eigenvalue weighted by Gasteiger charge is -2.26. The zero-order valence-corrected chi connectivity index (χ0v) is 12.4. The number of nitrogens with one attached hydrogen (secondary N) is 2. The zero-order valence-electron chi connectivity index (χ0n) is 12.4. The molecule has 1 saturated carbocycles. The van der Waals surface area contributed by atoms with Gasteiger partial charge in [0.05, 0.1) is 5.41 Å². The van der Waals surface area contributed by atoms with E-state index in [1.165, 1.54) is 6.92 Å². The van der Waals surface area contributed by atoms with E-state index in [0.29, 0.717) is 0 Å². The molecule has 6 nitrogen and oxygen atoms in total. The van der Waals surface area contributed by atoms with Gasteiger partial charge in [0.15, 0.2) is 0 Å². The number of aliphatic carboxylic acids is 1. The van der Waals surface area contributed by atoms with Crippen molar-refractivity contribution in [2.45, 2.75) is 52.5 Å². The normalized spacial score (nSPS) is 17.6. The summed E-state index contributed by atoms with van der Waals surface area (Å²) in [4.78, 5) is 34.5. The minimum atomic E-state index is -1.02. The van der Waals surface area contributed by atoms with E-state index in [2.05, 4.69) is 10.6 Å². The van der Waals surface area contributed by atoms with E-state index in [0.717, 1.165) is 25.7 Å². The third kappa shape index (κ3) is 4.51. The summed E-state index contributed by atoms with van der Waals surface area (Å²) in [6.45, 7) is 4.54. The van der Waals surface area contributed by atoms with Crippen LogP contribution in [0.15, 0.2) is 0 Å². The average Bonchev–Trinajstić information content (AvgIpc) is 2.86. The van der Waals surface area contributed by atoms with Crippen molar-refractivity contribution < 1.29 is 19.5 Å². The number of rotatable bonds is 6. The van der Waals surface area contributed by atoms with Crippen LogP contribution in [0.2, 0.25) is 0 Å². The van der Waals surface area contributed by atoms with Crippen LogP contribution in [-0.2, 0) is 14.4 Å². The van der Waals surface area contributed by atoms with Gasteiger partial charge >= 0.3 is 5.97 Å². The molecule has 6 heteroatoms. The van der Waals surface area contributed by atoms with Crippen LogP contribution in [0.5, 0.6) is 0 Å². The fourth-order valence-electron chi connectivity index (χ4n) is 2.40. The van der Waals surface area contributed by atoms with Crippen LogP contribution < -0.4 is 10.6 Å². The third-order valence-corrected chi connectivity index (χ3v) is 3.80. The number of carbonyl (C=O) groups is 3. The molecule has 0 heterocycles. The van der Waals surface area contributed by atoms with Crippen molar-refractivity contribution in [3.8, 4) is 0 Å². The third-order valence-electron chi connectivity index (χ3n) is 3.80. The Morgan fingerprint density at radius 1 is 1.25 bits per heavy atom. The van der Waals surface area contributed by atoms with Crippen LogP contribution in [0.3, 0.4) is 0 Å². The minimum absolute atomic E-state index is 0.0456. The number of carboxylic acid groups (broad SMARTS) is 1. The Morgan fingerprint density at radius 3 is 2.25 bits per heavy atom. The lowest BCUT2D eigenvalue weighted by molar-refractivity contribution is -0.147. The second-order valence-electron chi connectivity index (χ2n) is 6.13. The first-order valence-electron chi connectivity index (χ1n) is 7.02. The summed E-state index contributed by atoms with van der Waals surface area (Å²) in [6.07, 6.45) is 3.96. The maximum absolute atomic E-state index is 12.2. The van der Waals surface area contributed by atoms with Crippen LogP contribution in [0.25, 0.3) is 0 Å². The van der Waals surface area contributed by atoms with Crippen molar-refractivity contribution in [3.05, 3.63) is 0 Å². The summed E-state index contributed by atoms with van der Waals surface area (Å²) in [5.41, 5.74) is -1.02. The van der Waals surface area contributed by atoms with Gasteiger partial charge in [0.25, 0.3) is 0 Å². The van der Waals surface area contributed by atoms with E-state index in [-0.39, 0.29) is 24.3 Å². The van der Waals surface area contributed by atoms with Crippen LogP contribution >= 0.6 is 0 Å². The molecule has 0 saturated heterocycles. The van der Waals surface area contributed by atoms with E-state index in [9.17, 15) is 14.4 Å². The van der Waals surface area contributed by atoms with Crippen LogP contribution in [0.4, 0.5) is 0 Å². The average molecular weight is 284 g/mol. The van der Waals surface area contributed by atoms with E-state index in [4.69, 9.17) is 5.11 Å². The van der Waals surface area contributed by atoms with Gasteiger partial charge in [-0.2, -0.15) is 0 Å². The molecule has 1 atom stereocenters.